The molecule has 5 heterocycles. The Kier molecular flexibility index (Phi) is 36.6. The molecule has 2 fully saturated rings. The van der Waals surface area contributed by atoms with Gasteiger partial charge in [-0.2, -0.15) is 4.98 Å². The minimum absolute atomic E-state index is 0.00643. The number of carbonyl (C=O) groups is 12. The predicted octanol–water partition coefficient (Wildman–Crippen LogP) is 4.03. The molecule has 1 aromatic carbocycles. The standard InChI is InChI=1S/C39H59N3O13S3.C32H41N11O9/c1-21-9-8-10-28-29(42(28)11-12-53-38(52)54-13-14-57-58-20-27(37(50)51)41-36(49)23(3)16-32(44)45)17-30(22(2)15-26-19-56-25(5)40-26)55-33(46)18-31(43)39(6,7)35(48)24(4)34(21)47;1-2-23(45)21(4-3-11-36-31(33)34)40-28(49)17(13-24(46)47)12-20(44)9-10-22(30(51)52)41-27(48)16-5-7-18(8-6-16)37-14-19-15-38-26-25(39-19)29(50)43-32(35)42-26/h15,19,21,23-24,27-31,34,43,47H,8-14,16-18,20H2,1-7H3,(H,41,49)(H,44,45)(H,50,51);5-8,15,17,21-22,37H,2-4,9-14H2,1H3,(H,40,49)(H,41,48)(H,46,47)(H,51,52)(H4,33,34,36)(H3,35,38,42,43,50)/b22-15+;/t21-,23-,24+,27?,28+,29-,30-,31-,34-,42?;17-,21-,22-/m00/s1. The normalized spacial score (nSPS) is 20.7. The van der Waals surface area contributed by atoms with Gasteiger partial charge in [0.25, 0.3) is 11.5 Å². The van der Waals surface area contributed by atoms with Crippen LogP contribution in [0.5, 0.6) is 0 Å². The second-order valence-electron chi connectivity index (χ2n) is 27.4. The number of ether oxygens (including phenoxy) is 3. The van der Waals surface area contributed by atoms with Gasteiger partial charge in [-0.1, -0.05) is 69.6 Å². The summed E-state index contributed by atoms with van der Waals surface area (Å²) in [5, 5.41) is 72.7. The Morgan fingerprint density at radius 1 is 0.855 bits per heavy atom. The molecule has 2 aliphatic heterocycles. The number of H-pyrrole nitrogens is 1. The van der Waals surface area contributed by atoms with E-state index >= 15 is 0 Å². The van der Waals surface area contributed by atoms with Crippen LogP contribution in [0, 0.1) is 36.0 Å². The van der Waals surface area contributed by atoms with Gasteiger partial charge in [0.1, 0.15) is 43.0 Å². The average Bonchev–Trinajstić information content (AvgIpc) is 1.61. The van der Waals surface area contributed by atoms with Crippen LogP contribution in [0.3, 0.4) is 0 Å². The van der Waals surface area contributed by atoms with Crippen molar-refractivity contribution in [2.45, 2.75) is 194 Å². The summed E-state index contributed by atoms with van der Waals surface area (Å²) in [6.07, 6.45) is -0.0242. The molecule has 0 aliphatic carbocycles. The highest BCUT2D eigenvalue weighted by atomic mass is 33.1. The number of aliphatic hydroxyl groups is 2. The van der Waals surface area contributed by atoms with Gasteiger partial charge in [-0.05, 0) is 87.8 Å². The number of rotatable bonds is 37. The summed E-state index contributed by atoms with van der Waals surface area (Å²) in [5.41, 5.74) is 17.0. The zero-order chi connectivity index (χ0) is 81.7. The van der Waals surface area contributed by atoms with Gasteiger partial charge in [0.2, 0.25) is 17.8 Å². The Bertz CT molecular complexity index is 4000. The maximum absolute atomic E-state index is 13.5. The van der Waals surface area contributed by atoms with Gasteiger partial charge < -0.3 is 83.3 Å². The molecule has 17 N–H and O–H groups in total. The van der Waals surface area contributed by atoms with Crippen molar-refractivity contribution in [3.05, 3.63) is 73.7 Å². The summed E-state index contributed by atoms with van der Waals surface area (Å²) in [5.74, 6) is -12.3. The Morgan fingerprint density at radius 2 is 1.53 bits per heavy atom. The number of anilines is 2. The van der Waals surface area contributed by atoms with E-state index in [-0.39, 0.29) is 116 Å². The van der Waals surface area contributed by atoms with E-state index in [0.717, 1.165) is 39.9 Å². The molecule has 2 saturated heterocycles. The van der Waals surface area contributed by atoms with E-state index in [1.165, 1.54) is 47.4 Å². The van der Waals surface area contributed by atoms with Crippen LogP contribution in [0.1, 0.15) is 159 Å². The van der Waals surface area contributed by atoms with Crippen LogP contribution >= 0.6 is 32.9 Å². The predicted molar refractivity (Wildman–Crippen MR) is 407 cm³/mol. The number of aliphatic carboxylic acids is 4. The molecular formula is C71H100N14O22S3. The number of esters is 1. The number of hydrogen-bond acceptors (Lipinski definition) is 29. The molecule has 3 aromatic heterocycles. The number of guanidine groups is 1. The number of nitrogens with one attached hydrogen (secondary N) is 5. The summed E-state index contributed by atoms with van der Waals surface area (Å²) >= 11 is 1.50. The summed E-state index contributed by atoms with van der Waals surface area (Å²) in [6.45, 7) is 14.3. The van der Waals surface area contributed by atoms with Crippen molar-refractivity contribution in [3.63, 3.8) is 0 Å². The van der Waals surface area contributed by atoms with Gasteiger partial charge >= 0.3 is 36.0 Å². The molecule has 0 radical (unpaired) electrons. The zero-order valence-electron chi connectivity index (χ0n) is 62.5. The van der Waals surface area contributed by atoms with E-state index in [1.54, 1.807) is 39.8 Å². The minimum atomic E-state index is -1.47. The highest BCUT2D eigenvalue weighted by molar-refractivity contribution is 8.76. The van der Waals surface area contributed by atoms with Gasteiger partial charge in [-0.15, -0.1) is 11.3 Å². The van der Waals surface area contributed by atoms with E-state index in [9.17, 15) is 87.9 Å². The van der Waals surface area contributed by atoms with Gasteiger partial charge in [-0.25, -0.2) is 29.3 Å². The molecule has 604 valence electrons. The van der Waals surface area contributed by atoms with E-state index in [4.69, 9.17) is 36.5 Å². The van der Waals surface area contributed by atoms with E-state index in [1.807, 2.05) is 32.2 Å². The SMILES string of the molecule is C/C(=C\c1csc(C)n1)[C@@H]1C[C@H]2[C@@H](CCC[C@H](C)[C@H](O)[C@@H](C)C(=O)C(C)(C)[C@@H](O)CC(=O)O1)N2CCOC(=O)OCCSSCC(NC(=O)[C@@H](C)CC(=O)O)C(=O)O.CCC(=O)[C@H](CCCN=C(N)N)NC(=O)[C@H](CC(=O)O)CC(=O)CC[C@H](NC(=O)c1ccc(NCc2cnc3nc(N)[nH]c(=O)c3n2)cc1)C(=O)O. The summed E-state index contributed by atoms with van der Waals surface area (Å²) in [7, 11) is 2.39. The molecule has 0 bridgehead atoms. The molecule has 2 aliphatic rings. The number of carbonyl (C=O) groups excluding carboxylic acids is 8. The van der Waals surface area contributed by atoms with Crippen molar-refractivity contribution in [1.29, 1.82) is 0 Å². The lowest BCUT2D eigenvalue weighted by atomic mass is 9.73. The number of ketones is 3. The first kappa shape index (κ1) is 90.9. The third kappa shape index (κ3) is 29.9. The third-order valence-corrected chi connectivity index (χ3v) is 21.6. The number of aliphatic hydroxyl groups excluding tert-OH is 2. The fourth-order valence-electron chi connectivity index (χ4n) is 12.0. The zero-order valence-corrected chi connectivity index (χ0v) is 64.9. The van der Waals surface area contributed by atoms with E-state index < -0.39 is 150 Å². The number of nitrogens with two attached hydrogens (primary N) is 3. The van der Waals surface area contributed by atoms with Crippen LogP contribution in [-0.2, 0) is 68.7 Å². The highest BCUT2D eigenvalue weighted by Crippen LogP contribution is 2.40. The van der Waals surface area contributed by atoms with Crippen LogP contribution in [0.15, 0.2) is 51.2 Å². The molecular weight excluding hydrogens is 1500 g/mol. The number of amides is 3. The van der Waals surface area contributed by atoms with Crippen molar-refractivity contribution in [1.82, 2.24) is 45.8 Å². The topological polar surface area (TPSA) is 580 Å². The molecule has 0 saturated carbocycles. The number of hydrogen-bond donors (Lipinski definition) is 14. The number of carboxylic acids is 4. The Balaban J connectivity index is 0.000000396. The number of aromatic amines is 1. The fraction of sp³-hybridized carbons (Fsp3) is 0.577. The summed E-state index contributed by atoms with van der Waals surface area (Å²) in [6, 6.07) is 2.42. The quantitative estimate of drug-likeness (QED) is 0.00757. The monoisotopic (exact) mass is 1600 g/mol. The van der Waals surface area contributed by atoms with Crippen molar-refractivity contribution < 1.29 is 102 Å². The lowest BCUT2D eigenvalue weighted by molar-refractivity contribution is -0.155. The Morgan fingerprint density at radius 3 is 2.16 bits per heavy atom. The van der Waals surface area contributed by atoms with E-state index in [2.05, 4.69) is 56.1 Å². The second-order valence-corrected chi connectivity index (χ2v) is 31.1. The lowest BCUT2D eigenvalue weighted by Crippen LogP contribution is -2.45. The number of carboxylic acid groups (broad SMARTS) is 4. The van der Waals surface area contributed by atoms with Crippen LogP contribution in [0.4, 0.5) is 16.4 Å². The summed E-state index contributed by atoms with van der Waals surface area (Å²) in [4.78, 5) is 186. The second kappa shape index (κ2) is 44.2. The molecule has 36 nitrogen and oxygen atoms in total. The van der Waals surface area contributed by atoms with Crippen molar-refractivity contribution in [2.75, 3.05) is 48.9 Å². The molecule has 39 heteroatoms. The molecule has 6 rings (SSSR count). The number of aromatic nitrogens is 5. The molecule has 3 amide bonds. The molecule has 13 atom stereocenters. The van der Waals surface area contributed by atoms with Crippen molar-refractivity contribution in [2.24, 2.45) is 45.5 Å². The number of nitrogen functional groups attached to an aromatic ring is 1. The Labute approximate surface area is 645 Å². The van der Waals surface area contributed by atoms with Gasteiger partial charge in [0.15, 0.2) is 22.9 Å². The van der Waals surface area contributed by atoms with Crippen molar-refractivity contribution in [3.8, 4) is 0 Å². The number of thiazole rings is 1. The fourth-order valence-corrected chi connectivity index (χ4v) is 14.5. The number of aliphatic imine (C=N–C) groups is 1. The number of Topliss-reactive ketones (excluding diaryl/α,β-unsaturated/α-hetero) is 3. The average molecular weight is 1600 g/mol. The molecule has 2 unspecified atom stereocenters. The number of fused-ring (bicyclic) bond motifs is 2. The van der Waals surface area contributed by atoms with Gasteiger partial charge in [0.05, 0.1) is 78.0 Å². The number of benzene rings is 1. The molecule has 4 aromatic rings. The Hall–Kier alpha value is -9.70. The lowest BCUT2D eigenvalue weighted by Gasteiger charge is -2.34. The van der Waals surface area contributed by atoms with Crippen LogP contribution in [-0.4, -0.2) is 224 Å². The third-order valence-electron chi connectivity index (χ3n) is 18.5. The van der Waals surface area contributed by atoms with Crippen LogP contribution in [0.25, 0.3) is 17.2 Å². The van der Waals surface area contributed by atoms with Crippen LogP contribution in [0.2, 0.25) is 0 Å². The molecule has 0 spiro atoms. The molecule has 110 heavy (non-hydrogen) atoms. The number of cyclic esters (lactones) is 1. The van der Waals surface area contributed by atoms with Gasteiger partial charge in [0, 0.05) is 90.8 Å². The van der Waals surface area contributed by atoms with Crippen molar-refractivity contribution >= 4 is 139 Å². The maximum Gasteiger partial charge on any atom is 0.508 e. The number of aryl methyl sites for hydroxylation is 1. The largest absolute Gasteiger partial charge is 0.508 e. The minimum Gasteiger partial charge on any atom is -0.481 e. The summed E-state index contributed by atoms with van der Waals surface area (Å²) < 4.78 is 16.6. The highest BCUT2D eigenvalue weighted by Gasteiger charge is 2.49. The van der Waals surface area contributed by atoms with E-state index in [0.29, 0.717) is 42.9 Å². The number of nitrogens with zero attached hydrogens (tertiary/aromatic N) is 6. The first-order valence-electron chi connectivity index (χ1n) is 35.6. The first-order valence-corrected chi connectivity index (χ1v) is 39.0. The smallest absolute Gasteiger partial charge is 0.481 e. The van der Waals surface area contributed by atoms with Gasteiger partial charge in [-0.3, -0.25) is 62.8 Å². The maximum atomic E-state index is 13.5. The van der Waals surface area contributed by atoms with Crippen LogP contribution < -0.4 is 44.0 Å². The first-order chi connectivity index (χ1) is 51.9.